The van der Waals surface area contributed by atoms with E-state index in [1.807, 2.05) is 44.3 Å². The van der Waals surface area contributed by atoms with Crippen LogP contribution in [0.5, 0.6) is 0 Å². The van der Waals surface area contributed by atoms with E-state index in [0.29, 0.717) is 11.5 Å². The van der Waals surface area contributed by atoms with Crippen LogP contribution >= 0.6 is 0 Å². The summed E-state index contributed by atoms with van der Waals surface area (Å²) in [6.07, 6.45) is 7.89. The molecule has 1 aromatic carbocycles. The fourth-order valence-electron chi connectivity index (χ4n) is 4.86. The Morgan fingerprint density at radius 2 is 1.97 bits per heavy atom. The van der Waals surface area contributed by atoms with Gasteiger partial charge in [-0.2, -0.15) is 0 Å². The number of carbonyl (C=O) groups is 1. The molecule has 0 spiro atoms. The Bertz CT molecular complexity index is 1730. The van der Waals surface area contributed by atoms with Crippen molar-refractivity contribution in [2.75, 3.05) is 0 Å². The van der Waals surface area contributed by atoms with Gasteiger partial charge in [0.2, 0.25) is 0 Å². The number of hydrogen-bond acceptors (Lipinski definition) is 5. The lowest BCUT2D eigenvalue weighted by Gasteiger charge is -2.14. The van der Waals surface area contributed by atoms with Crippen LogP contribution in [0, 0.1) is 31.6 Å². The van der Waals surface area contributed by atoms with Crippen LogP contribution in [0.25, 0.3) is 33.3 Å². The molecule has 6 rings (SSSR count). The third kappa shape index (κ3) is 4.24. The van der Waals surface area contributed by atoms with E-state index in [1.54, 1.807) is 18.3 Å². The summed E-state index contributed by atoms with van der Waals surface area (Å²) < 4.78 is 7.55. The van der Waals surface area contributed by atoms with Crippen LogP contribution in [0.3, 0.4) is 0 Å². The lowest BCUT2D eigenvalue weighted by Crippen LogP contribution is -2.07. The van der Waals surface area contributed by atoms with Crippen molar-refractivity contribution in [2.45, 2.75) is 39.7 Å². The molecule has 0 aliphatic heterocycles. The number of nitrogens with zero attached hydrogens (tertiary/aromatic N) is 4. The standard InChI is InChI=1S/C31H26N4O3/c1-18-29(20(3)38-34-18)24-15-26-27(17-35(30(26)33-16-24)19(2)28-6-4-5-13-32-28)25-12-11-23(31(36)37)14-22(25)10-9-21-7-8-21/h4-6,11-17,19,21H,7-8H2,1-3H3,(H,36,37)/t19-/m0/s1. The van der Waals surface area contributed by atoms with Gasteiger partial charge < -0.3 is 14.2 Å². The Labute approximate surface area is 220 Å². The van der Waals surface area contributed by atoms with Crippen molar-refractivity contribution in [3.63, 3.8) is 0 Å². The first-order valence-electron chi connectivity index (χ1n) is 12.6. The van der Waals surface area contributed by atoms with Crippen LogP contribution in [0.4, 0.5) is 0 Å². The van der Waals surface area contributed by atoms with E-state index in [2.05, 4.69) is 45.7 Å². The topological polar surface area (TPSA) is 94.0 Å². The van der Waals surface area contributed by atoms with Gasteiger partial charge in [0.15, 0.2) is 0 Å². The first-order valence-corrected chi connectivity index (χ1v) is 12.6. The minimum atomic E-state index is -0.973. The van der Waals surface area contributed by atoms with Crippen LogP contribution < -0.4 is 0 Å². The minimum Gasteiger partial charge on any atom is -0.478 e. The zero-order valence-corrected chi connectivity index (χ0v) is 21.4. The maximum Gasteiger partial charge on any atom is 0.335 e. The third-order valence-electron chi connectivity index (χ3n) is 7.07. The van der Waals surface area contributed by atoms with Crippen molar-refractivity contribution in [3.05, 3.63) is 89.3 Å². The van der Waals surface area contributed by atoms with E-state index in [1.165, 1.54) is 0 Å². The molecule has 0 unspecified atom stereocenters. The molecule has 0 radical (unpaired) electrons. The molecule has 0 amide bonds. The van der Waals surface area contributed by atoms with Gasteiger partial charge in [0, 0.05) is 52.1 Å². The van der Waals surface area contributed by atoms with Crippen molar-refractivity contribution in [1.29, 1.82) is 0 Å². The van der Waals surface area contributed by atoms with E-state index >= 15 is 0 Å². The van der Waals surface area contributed by atoms with Crippen LogP contribution in [0.1, 0.15) is 58.9 Å². The molecule has 38 heavy (non-hydrogen) atoms. The molecular weight excluding hydrogens is 476 g/mol. The summed E-state index contributed by atoms with van der Waals surface area (Å²) in [5.41, 5.74) is 7.07. The number of hydrogen-bond donors (Lipinski definition) is 1. The van der Waals surface area contributed by atoms with Gasteiger partial charge in [-0.25, -0.2) is 9.78 Å². The number of carboxylic acids is 1. The van der Waals surface area contributed by atoms with Crippen molar-refractivity contribution < 1.29 is 14.4 Å². The molecule has 1 saturated carbocycles. The number of aromatic carboxylic acids is 1. The summed E-state index contributed by atoms with van der Waals surface area (Å²) in [7, 11) is 0. The predicted octanol–water partition coefficient (Wildman–Crippen LogP) is 6.44. The van der Waals surface area contributed by atoms with E-state index < -0.39 is 5.97 Å². The molecule has 4 heterocycles. The number of aromatic nitrogens is 4. The summed E-state index contributed by atoms with van der Waals surface area (Å²) in [6, 6.07) is 13.1. The molecule has 0 bridgehead atoms. The normalized spacial score (nSPS) is 13.8. The molecule has 188 valence electrons. The summed E-state index contributed by atoms with van der Waals surface area (Å²) in [5.74, 6) is 6.73. The lowest BCUT2D eigenvalue weighted by atomic mass is 9.96. The molecule has 1 N–H and O–H groups in total. The third-order valence-corrected chi connectivity index (χ3v) is 7.07. The maximum atomic E-state index is 11.8. The number of aryl methyl sites for hydroxylation is 2. The van der Waals surface area contributed by atoms with Gasteiger partial charge in [-0.1, -0.05) is 29.1 Å². The van der Waals surface area contributed by atoms with E-state index in [4.69, 9.17) is 9.51 Å². The van der Waals surface area contributed by atoms with E-state index in [-0.39, 0.29) is 11.6 Å². The fourth-order valence-corrected chi connectivity index (χ4v) is 4.86. The second-order valence-corrected chi connectivity index (χ2v) is 9.78. The number of benzene rings is 1. The highest BCUT2D eigenvalue weighted by molar-refractivity contribution is 5.99. The Morgan fingerprint density at radius 1 is 1.13 bits per heavy atom. The number of rotatable bonds is 5. The zero-order chi connectivity index (χ0) is 26.4. The quantitative estimate of drug-likeness (QED) is 0.278. The lowest BCUT2D eigenvalue weighted by molar-refractivity contribution is 0.0697. The molecule has 0 saturated heterocycles. The van der Waals surface area contributed by atoms with Crippen LogP contribution in [0.2, 0.25) is 0 Å². The summed E-state index contributed by atoms with van der Waals surface area (Å²) >= 11 is 0. The van der Waals surface area contributed by atoms with Gasteiger partial charge in [-0.15, -0.1) is 0 Å². The van der Waals surface area contributed by atoms with Crippen LogP contribution in [-0.4, -0.2) is 30.8 Å². The number of carboxylic acid groups (broad SMARTS) is 1. The Hall–Kier alpha value is -4.70. The van der Waals surface area contributed by atoms with Gasteiger partial charge in [-0.3, -0.25) is 4.98 Å². The van der Waals surface area contributed by atoms with Crippen molar-refractivity contribution in [2.24, 2.45) is 5.92 Å². The van der Waals surface area contributed by atoms with Gasteiger partial charge in [-0.05, 0) is 69.5 Å². The first-order chi connectivity index (χ1) is 18.4. The smallest absolute Gasteiger partial charge is 0.335 e. The molecule has 1 aliphatic carbocycles. The molecule has 7 heteroatoms. The Morgan fingerprint density at radius 3 is 2.66 bits per heavy atom. The zero-order valence-electron chi connectivity index (χ0n) is 21.4. The van der Waals surface area contributed by atoms with E-state index in [0.717, 1.165) is 63.3 Å². The molecule has 1 fully saturated rings. The molecular formula is C31H26N4O3. The predicted molar refractivity (Wildman–Crippen MR) is 145 cm³/mol. The summed E-state index contributed by atoms with van der Waals surface area (Å²) in [4.78, 5) is 21.2. The SMILES string of the molecule is Cc1noc(C)c1-c1cnc2c(c1)c(-c1ccc(C(=O)O)cc1C#CC1CC1)cn2[C@@H](C)c1ccccn1. The molecule has 1 aliphatic rings. The number of pyridine rings is 2. The highest BCUT2D eigenvalue weighted by atomic mass is 16.5. The summed E-state index contributed by atoms with van der Waals surface area (Å²) in [5, 5.41) is 14.7. The van der Waals surface area contributed by atoms with Crippen LogP contribution in [0.15, 0.2) is 65.6 Å². The largest absolute Gasteiger partial charge is 0.478 e. The highest BCUT2D eigenvalue weighted by Crippen LogP contribution is 2.38. The average Bonchev–Trinajstić information content (AvgIpc) is 3.60. The van der Waals surface area contributed by atoms with Crippen molar-refractivity contribution in [1.82, 2.24) is 19.7 Å². The summed E-state index contributed by atoms with van der Waals surface area (Å²) in [6.45, 7) is 5.91. The van der Waals surface area contributed by atoms with Gasteiger partial charge in [0.05, 0.1) is 23.0 Å². The van der Waals surface area contributed by atoms with Gasteiger partial charge >= 0.3 is 5.97 Å². The highest BCUT2D eigenvalue weighted by Gasteiger charge is 2.22. The molecule has 4 aromatic heterocycles. The average molecular weight is 503 g/mol. The van der Waals surface area contributed by atoms with Crippen molar-refractivity contribution in [3.8, 4) is 34.1 Å². The second kappa shape index (κ2) is 9.31. The van der Waals surface area contributed by atoms with Crippen LogP contribution in [-0.2, 0) is 0 Å². The number of fused-ring (bicyclic) bond motifs is 1. The monoisotopic (exact) mass is 502 g/mol. The van der Waals surface area contributed by atoms with Gasteiger partial charge in [0.1, 0.15) is 11.4 Å². The maximum absolute atomic E-state index is 11.8. The fraction of sp³-hybridized carbons (Fsp3) is 0.226. The Balaban J connectivity index is 1.60. The van der Waals surface area contributed by atoms with E-state index in [9.17, 15) is 9.90 Å². The van der Waals surface area contributed by atoms with Crippen molar-refractivity contribution >= 4 is 17.0 Å². The molecule has 1 atom stereocenters. The molecule has 7 nitrogen and oxygen atoms in total. The molecule has 5 aromatic rings. The first kappa shape index (κ1) is 23.7. The minimum absolute atomic E-state index is 0.0795. The van der Waals surface area contributed by atoms with Gasteiger partial charge in [0.25, 0.3) is 0 Å². The Kier molecular flexibility index (Phi) is 5.80. The second-order valence-electron chi connectivity index (χ2n) is 9.78.